The predicted molar refractivity (Wildman–Crippen MR) is 113 cm³/mol. The Kier molecular flexibility index (Phi) is 7.97. The van der Waals surface area contributed by atoms with Gasteiger partial charge in [0, 0.05) is 26.3 Å². The molecule has 0 spiro atoms. The number of carbonyl (C=O) groups is 2. The minimum Gasteiger partial charge on any atom is -0.496 e. The fourth-order valence-electron chi connectivity index (χ4n) is 2.31. The molecule has 0 radical (unpaired) electrons. The largest absolute Gasteiger partial charge is 0.496 e. The van der Waals surface area contributed by atoms with Gasteiger partial charge in [0.25, 0.3) is 10.0 Å². The maximum atomic E-state index is 12.3. The number of anilines is 2. The second kappa shape index (κ2) is 10.2. The Morgan fingerprint density at radius 3 is 2.53 bits per heavy atom. The molecular formula is C17H23N5O6S2. The molecule has 3 N–H and O–H groups in total. The number of amides is 4. The molecule has 4 amide bonds. The van der Waals surface area contributed by atoms with Crippen LogP contribution in [0.3, 0.4) is 0 Å². The van der Waals surface area contributed by atoms with E-state index in [1.54, 1.807) is 12.3 Å². The van der Waals surface area contributed by atoms with E-state index < -0.39 is 22.1 Å². The zero-order valence-corrected chi connectivity index (χ0v) is 18.5. The van der Waals surface area contributed by atoms with Crippen LogP contribution in [0.2, 0.25) is 0 Å². The molecule has 2 heterocycles. The Labute approximate surface area is 178 Å². The van der Waals surface area contributed by atoms with Crippen LogP contribution in [-0.4, -0.2) is 59.9 Å². The molecular weight excluding hydrogens is 434 g/mol. The molecule has 0 fully saturated rings. The van der Waals surface area contributed by atoms with Crippen molar-refractivity contribution in [2.45, 2.75) is 11.1 Å². The number of methoxy groups -OCH3 is 2. The SMILES string of the molecule is CNC(=O)N(CCOC)c1cc(OC)cc(NC(=O)NS(=O)(=O)c2cc(C)cs2)n1. The molecule has 0 aromatic carbocycles. The summed E-state index contributed by atoms with van der Waals surface area (Å²) in [5.74, 6) is 0.474. The molecule has 0 bridgehead atoms. The first-order chi connectivity index (χ1) is 14.2. The molecule has 11 nitrogen and oxygen atoms in total. The van der Waals surface area contributed by atoms with Crippen molar-refractivity contribution < 1.29 is 27.5 Å². The van der Waals surface area contributed by atoms with E-state index in [2.05, 4.69) is 15.6 Å². The third-order valence-electron chi connectivity index (χ3n) is 3.72. The van der Waals surface area contributed by atoms with Gasteiger partial charge in [0.05, 0.1) is 20.3 Å². The van der Waals surface area contributed by atoms with E-state index in [0.717, 1.165) is 16.9 Å². The van der Waals surface area contributed by atoms with Gasteiger partial charge < -0.3 is 14.8 Å². The highest BCUT2D eigenvalue weighted by Gasteiger charge is 2.21. The summed E-state index contributed by atoms with van der Waals surface area (Å²) in [6, 6.07) is 2.90. The monoisotopic (exact) mass is 457 g/mol. The van der Waals surface area contributed by atoms with Crippen molar-refractivity contribution in [3.05, 3.63) is 29.1 Å². The molecule has 0 atom stereocenters. The molecule has 0 aliphatic carbocycles. The number of urea groups is 2. The van der Waals surface area contributed by atoms with Crippen LogP contribution < -0.4 is 25.0 Å². The Balaban J connectivity index is 2.25. The van der Waals surface area contributed by atoms with Crippen LogP contribution in [-0.2, 0) is 14.8 Å². The summed E-state index contributed by atoms with van der Waals surface area (Å²) in [5, 5.41) is 6.51. The molecule has 2 rings (SSSR count). The number of aryl methyl sites for hydroxylation is 1. The van der Waals surface area contributed by atoms with Gasteiger partial charge in [-0.3, -0.25) is 10.2 Å². The fraction of sp³-hybridized carbons (Fsp3) is 0.353. The van der Waals surface area contributed by atoms with Gasteiger partial charge in [0.15, 0.2) is 0 Å². The summed E-state index contributed by atoms with van der Waals surface area (Å²) in [4.78, 5) is 30.0. The lowest BCUT2D eigenvalue weighted by molar-refractivity contribution is 0.202. The van der Waals surface area contributed by atoms with Crippen LogP contribution in [0.15, 0.2) is 27.8 Å². The molecule has 164 valence electrons. The van der Waals surface area contributed by atoms with Crippen LogP contribution in [0, 0.1) is 6.92 Å². The van der Waals surface area contributed by atoms with E-state index in [4.69, 9.17) is 9.47 Å². The van der Waals surface area contributed by atoms with Gasteiger partial charge >= 0.3 is 12.1 Å². The average molecular weight is 458 g/mol. The number of thiophene rings is 1. The zero-order chi connectivity index (χ0) is 22.3. The topological polar surface area (TPSA) is 139 Å². The molecule has 0 aliphatic heterocycles. The van der Waals surface area contributed by atoms with E-state index in [-0.39, 0.29) is 29.0 Å². The Morgan fingerprint density at radius 2 is 1.97 bits per heavy atom. The Bertz CT molecular complexity index is 1010. The molecule has 13 heteroatoms. The second-order valence-corrected chi connectivity index (χ2v) is 8.77. The van der Waals surface area contributed by atoms with Crippen molar-refractivity contribution in [2.24, 2.45) is 0 Å². The standard InChI is InChI=1S/C17H23N5O6S2/c1-11-7-15(29-10-11)30(25,26)21-16(23)20-13-8-12(28-4)9-14(19-13)22(5-6-27-3)17(24)18-2/h7-10H,5-6H2,1-4H3,(H,18,24)(H2,19,20,21,23). The van der Waals surface area contributed by atoms with Crippen LogP contribution in [0.1, 0.15) is 5.56 Å². The van der Waals surface area contributed by atoms with Crippen molar-refractivity contribution >= 4 is 45.1 Å². The first-order valence-electron chi connectivity index (χ1n) is 8.63. The van der Waals surface area contributed by atoms with Gasteiger partial charge in [0.2, 0.25) is 0 Å². The van der Waals surface area contributed by atoms with Crippen molar-refractivity contribution in [1.29, 1.82) is 0 Å². The molecule has 2 aromatic rings. The smallest absolute Gasteiger partial charge is 0.334 e. The van der Waals surface area contributed by atoms with Gasteiger partial charge in [-0.25, -0.2) is 27.7 Å². The molecule has 2 aromatic heterocycles. The summed E-state index contributed by atoms with van der Waals surface area (Å²) in [7, 11) is 0.343. The van der Waals surface area contributed by atoms with Gasteiger partial charge in [0.1, 0.15) is 21.6 Å². The molecule has 0 aliphatic rings. The van der Waals surface area contributed by atoms with Crippen molar-refractivity contribution in [1.82, 2.24) is 15.0 Å². The minimum atomic E-state index is -4.02. The average Bonchev–Trinajstić information content (AvgIpc) is 3.14. The van der Waals surface area contributed by atoms with E-state index in [9.17, 15) is 18.0 Å². The Hall–Kier alpha value is -2.90. The molecule has 0 unspecified atom stereocenters. The summed E-state index contributed by atoms with van der Waals surface area (Å²) in [5.41, 5.74) is 0.769. The van der Waals surface area contributed by atoms with E-state index >= 15 is 0 Å². The number of hydrogen-bond acceptors (Lipinski definition) is 8. The van der Waals surface area contributed by atoms with E-state index in [0.29, 0.717) is 5.75 Å². The molecule has 0 saturated carbocycles. The number of hydrogen-bond donors (Lipinski definition) is 3. The fourth-order valence-corrected chi connectivity index (χ4v) is 4.45. The predicted octanol–water partition coefficient (Wildman–Crippen LogP) is 1.76. The highest BCUT2D eigenvalue weighted by atomic mass is 32.2. The summed E-state index contributed by atoms with van der Waals surface area (Å²) in [6.07, 6.45) is 0. The van der Waals surface area contributed by atoms with Crippen molar-refractivity contribution in [2.75, 3.05) is 44.6 Å². The highest BCUT2D eigenvalue weighted by Crippen LogP contribution is 2.24. The lowest BCUT2D eigenvalue weighted by atomic mass is 10.3. The number of ether oxygens (including phenoxy) is 2. The van der Waals surface area contributed by atoms with Crippen LogP contribution in [0.25, 0.3) is 0 Å². The lowest BCUT2D eigenvalue weighted by Crippen LogP contribution is -2.41. The lowest BCUT2D eigenvalue weighted by Gasteiger charge is -2.22. The van der Waals surface area contributed by atoms with Crippen LogP contribution in [0.4, 0.5) is 21.2 Å². The van der Waals surface area contributed by atoms with Crippen molar-refractivity contribution in [3.8, 4) is 5.75 Å². The summed E-state index contributed by atoms with van der Waals surface area (Å²) >= 11 is 1.00. The quantitative estimate of drug-likeness (QED) is 0.549. The van der Waals surface area contributed by atoms with E-state index in [1.807, 2.05) is 4.72 Å². The number of sulfonamides is 1. The van der Waals surface area contributed by atoms with Crippen molar-refractivity contribution in [3.63, 3.8) is 0 Å². The van der Waals surface area contributed by atoms with Crippen LogP contribution in [0.5, 0.6) is 5.75 Å². The number of rotatable bonds is 8. The molecule has 0 saturated heterocycles. The first kappa shape index (κ1) is 23.4. The minimum absolute atomic E-state index is 0.00858. The summed E-state index contributed by atoms with van der Waals surface area (Å²) < 4.78 is 36.8. The zero-order valence-electron chi connectivity index (χ0n) is 16.9. The molecule has 30 heavy (non-hydrogen) atoms. The van der Waals surface area contributed by atoms with Gasteiger partial charge in [-0.1, -0.05) is 0 Å². The highest BCUT2D eigenvalue weighted by molar-refractivity contribution is 7.92. The second-order valence-electron chi connectivity index (χ2n) is 5.95. The third kappa shape index (κ3) is 6.05. The number of nitrogens with one attached hydrogen (secondary N) is 3. The summed E-state index contributed by atoms with van der Waals surface area (Å²) in [6.45, 7) is 2.18. The van der Waals surface area contributed by atoms with Crippen LogP contribution >= 0.6 is 11.3 Å². The maximum Gasteiger partial charge on any atom is 0.334 e. The number of aromatic nitrogens is 1. The van der Waals surface area contributed by atoms with Gasteiger partial charge in [-0.15, -0.1) is 11.3 Å². The van der Waals surface area contributed by atoms with Gasteiger partial charge in [-0.2, -0.15) is 0 Å². The number of carbonyl (C=O) groups excluding carboxylic acids is 2. The van der Waals surface area contributed by atoms with E-state index in [1.165, 1.54) is 44.4 Å². The first-order valence-corrected chi connectivity index (χ1v) is 11.0. The van der Waals surface area contributed by atoms with Gasteiger partial charge in [-0.05, 0) is 23.9 Å². The number of pyridine rings is 1. The maximum absolute atomic E-state index is 12.3. The Morgan fingerprint density at radius 1 is 1.23 bits per heavy atom. The third-order valence-corrected chi connectivity index (χ3v) is 6.60. The normalized spacial score (nSPS) is 10.9. The number of nitrogens with zero attached hydrogens (tertiary/aromatic N) is 2.